The third kappa shape index (κ3) is 5.38. The zero-order chi connectivity index (χ0) is 24.1. The van der Waals surface area contributed by atoms with E-state index in [1.165, 1.54) is 4.57 Å². The lowest BCUT2D eigenvalue weighted by Crippen LogP contribution is -2.44. The second kappa shape index (κ2) is 10.7. The van der Waals surface area contributed by atoms with E-state index in [1.807, 2.05) is 36.4 Å². The number of nitrogens with one attached hydrogen (secondary N) is 2. The van der Waals surface area contributed by atoms with Crippen molar-refractivity contribution in [3.8, 4) is 17.2 Å². The van der Waals surface area contributed by atoms with E-state index in [1.54, 1.807) is 20.2 Å². The summed E-state index contributed by atoms with van der Waals surface area (Å²) in [5, 5.41) is 15.9. The highest BCUT2D eigenvalue weighted by Gasteiger charge is 2.26. The fraction of sp³-hybridized carbons (Fsp3) is 0.423. The Morgan fingerprint density at radius 3 is 2.79 bits per heavy atom. The Hall–Kier alpha value is -3.41. The molecule has 0 spiro atoms. The summed E-state index contributed by atoms with van der Waals surface area (Å²) in [6, 6.07) is 15.1. The maximum Gasteiger partial charge on any atom is 0.419 e. The molecule has 1 amide bonds. The summed E-state index contributed by atoms with van der Waals surface area (Å²) in [6.45, 7) is 1.45. The average Bonchev–Trinajstić information content (AvgIpc) is 3.12. The maximum atomic E-state index is 12.9. The first kappa shape index (κ1) is 23.7. The number of hydrogen-bond acceptors (Lipinski definition) is 6. The van der Waals surface area contributed by atoms with Gasteiger partial charge in [-0.2, -0.15) is 5.26 Å². The molecule has 1 aliphatic rings. The van der Waals surface area contributed by atoms with Crippen molar-refractivity contribution in [1.82, 2.24) is 15.2 Å². The molecule has 2 aromatic carbocycles. The number of nitrogens with zero attached hydrogens (tertiary/aromatic N) is 2. The van der Waals surface area contributed by atoms with Crippen molar-refractivity contribution < 1.29 is 13.9 Å². The molecule has 178 valence electrons. The number of methoxy groups -OCH3 is 1. The third-order valence-electron chi connectivity index (χ3n) is 6.51. The van der Waals surface area contributed by atoms with Gasteiger partial charge < -0.3 is 19.8 Å². The van der Waals surface area contributed by atoms with Crippen LogP contribution in [0.4, 0.5) is 0 Å². The molecule has 8 nitrogen and oxygen atoms in total. The molecular weight excluding hydrogens is 432 g/mol. The van der Waals surface area contributed by atoms with Crippen LogP contribution in [0.15, 0.2) is 51.7 Å². The van der Waals surface area contributed by atoms with Crippen molar-refractivity contribution in [3.63, 3.8) is 0 Å². The van der Waals surface area contributed by atoms with E-state index in [-0.39, 0.29) is 23.7 Å². The van der Waals surface area contributed by atoms with Crippen molar-refractivity contribution in [3.05, 3.63) is 58.6 Å². The lowest BCUT2D eigenvalue weighted by Gasteiger charge is -2.26. The Morgan fingerprint density at radius 2 is 2.06 bits per heavy atom. The number of carbonyl (C=O) groups is 1. The van der Waals surface area contributed by atoms with Crippen LogP contribution in [-0.2, 0) is 23.0 Å². The van der Waals surface area contributed by atoms with Crippen LogP contribution in [-0.4, -0.2) is 42.8 Å². The molecule has 4 rings (SSSR count). The van der Waals surface area contributed by atoms with Gasteiger partial charge >= 0.3 is 5.76 Å². The highest BCUT2D eigenvalue weighted by Crippen LogP contribution is 2.24. The molecule has 0 saturated carbocycles. The van der Waals surface area contributed by atoms with Crippen LogP contribution >= 0.6 is 0 Å². The first-order valence-electron chi connectivity index (χ1n) is 11.6. The quantitative estimate of drug-likeness (QED) is 0.583. The predicted molar refractivity (Wildman–Crippen MR) is 129 cm³/mol. The minimum Gasteiger partial charge on any atom is -0.408 e. The second-order valence-electron chi connectivity index (χ2n) is 8.84. The van der Waals surface area contributed by atoms with Crippen molar-refractivity contribution >= 4 is 17.0 Å². The van der Waals surface area contributed by atoms with E-state index >= 15 is 0 Å². The van der Waals surface area contributed by atoms with Gasteiger partial charge in [-0.1, -0.05) is 30.3 Å². The smallest absolute Gasteiger partial charge is 0.408 e. The van der Waals surface area contributed by atoms with Gasteiger partial charge in [-0.05, 0) is 54.6 Å². The van der Waals surface area contributed by atoms with Gasteiger partial charge in [0.15, 0.2) is 5.58 Å². The number of carbonyl (C=O) groups excluding carboxylic acids is 1. The molecule has 8 heteroatoms. The van der Waals surface area contributed by atoms with Crippen LogP contribution in [0.5, 0.6) is 0 Å². The molecule has 0 bridgehead atoms. The standard InChI is InChI=1S/C26H30N4O4/c1-30-23-14-19(9-10-24(23)34-26(30)32)18-7-5-17(6-8-18)12-21(15-27)29-25(31)20-13-22(33-2)4-3-11-28-16-20/h5-10,14,20-22,28H,3-4,11-13,16H2,1-2H3,(H,29,31)/t20?,21-,22?/m0/s1. The Balaban J connectivity index is 1.41. The van der Waals surface area contributed by atoms with Crippen molar-refractivity contribution in [2.75, 3.05) is 20.2 Å². The van der Waals surface area contributed by atoms with Crippen LogP contribution < -0.4 is 16.4 Å². The Kier molecular flexibility index (Phi) is 7.46. The number of ether oxygens (including phenoxy) is 1. The predicted octanol–water partition coefficient (Wildman–Crippen LogP) is 2.75. The molecule has 0 radical (unpaired) electrons. The molecule has 0 aliphatic carbocycles. The number of aryl methyl sites for hydroxylation is 1. The summed E-state index contributed by atoms with van der Waals surface area (Å²) in [4.78, 5) is 24.6. The van der Waals surface area contributed by atoms with Crippen LogP contribution in [0.3, 0.4) is 0 Å². The second-order valence-corrected chi connectivity index (χ2v) is 8.84. The summed E-state index contributed by atoms with van der Waals surface area (Å²) in [6.07, 6.45) is 3.08. The summed E-state index contributed by atoms with van der Waals surface area (Å²) in [7, 11) is 3.37. The van der Waals surface area contributed by atoms with Crippen LogP contribution in [0.25, 0.3) is 22.2 Å². The average molecular weight is 463 g/mol. The van der Waals surface area contributed by atoms with Gasteiger partial charge in [-0.3, -0.25) is 9.36 Å². The fourth-order valence-corrected chi connectivity index (χ4v) is 4.46. The van der Waals surface area contributed by atoms with E-state index < -0.39 is 6.04 Å². The van der Waals surface area contributed by atoms with Gasteiger partial charge in [0, 0.05) is 27.1 Å². The third-order valence-corrected chi connectivity index (χ3v) is 6.51. The van der Waals surface area contributed by atoms with Crippen molar-refractivity contribution in [2.24, 2.45) is 13.0 Å². The molecule has 34 heavy (non-hydrogen) atoms. The normalized spacial score (nSPS) is 19.7. The molecule has 1 aromatic heterocycles. The number of amides is 1. The number of hydrogen-bond donors (Lipinski definition) is 2. The molecule has 3 atom stereocenters. The number of aromatic nitrogens is 1. The molecule has 3 aromatic rings. The SMILES string of the molecule is COC1CCCNCC(C(=O)N[C@H](C#N)Cc2ccc(-c3ccc4oc(=O)n(C)c4c3)cc2)C1. The molecule has 1 aliphatic heterocycles. The number of nitriles is 1. The molecule has 2 heterocycles. The van der Waals surface area contributed by atoms with E-state index in [0.717, 1.165) is 41.6 Å². The topological polar surface area (TPSA) is 109 Å². The maximum absolute atomic E-state index is 12.9. The number of oxazole rings is 1. The van der Waals surface area contributed by atoms with Crippen molar-refractivity contribution in [2.45, 2.75) is 37.8 Å². The highest BCUT2D eigenvalue weighted by molar-refractivity contribution is 5.81. The first-order chi connectivity index (χ1) is 16.5. The van der Waals surface area contributed by atoms with E-state index in [9.17, 15) is 14.9 Å². The van der Waals surface area contributed by atoms with Gasteiger partial charge in [0.2, 0.25) is 5.91 Å². The Bertz CT molecular complexity index is 1240. The fourth-order valence-electron chi connectivity index (χ4n) is 4.46. The van der Waals surface area contributed by atoms with E-state index in [0.29, 0.717) is 25.0 Å². The van der Waals surface area contributed by atoms with Gasteiger partial charge in [0.05, 0.1) is 23.6 Å². The first-order valence-corrected chi connectivity index (χ1v) is 11.6. The number of rotatable bonds is 6. The molecular formula is C26H30N4O4. The lowest BCUT2D eigenvalue weighted by atomic mass is 9.95. The molecule has 2 N–H and O–H groups in total. The Morgan fingerprint density at radius 1 is 1.29 bits per heavy atom. The zero-order valence-corrected chi connectivity index (χ0v) is 19.5. The molecule has 1 saturated heterocycles. The van der Waals surface area contributed by atoms with Crippen LogP contribution in [0, 0.1) is 17.2 Å². The molecule has 2 unspecified atom stereocenters. The number of fused-ring (bicyclic) bond motifs is 1. The van der Waals surface area contributed by atoms with Gasteiger partial charge in [0.1, 0.15) is 6.04 Å². The highest BCUT2D eigenvalue weighted by atomic mass is 16.5. The molecule has 1 fully saturated rings. The summed E-state index contributed by atoms with van der Waals surface area (Å²) in [5.41, 5.74) is 4.20. The van der Waals surface area contributed by atoms with Crippen LogP contribution in [0.1, 0.15) is 24.8 Å². The summed E-state index contributed by atoms with van der Waals surface area (Å²) in [5.74, 6) is -0.726. The summed E-state index contributed by atoms with van der Waals surface area (Å²) >= 11 is 0. The summed E-state index contributed by atoms with van der Waals surface area (Å²) < 4.78 is 12.2. The largest absolute Gasteiger partial charge is 0.419 e. The van der Waals surface area contributed by atoms with E-state index in [4.69, 9.17) is 9.15 Å². The van der Waals surface area contributed by atoms with Crippen LogP contribution in [0.2, 0.25) is 0 Å². The monoisotopic (exact) mass is 462 g/mol. The number of benzene rings is 2. The van der Waals surface area contributed by atoms with Gasteiger partial charge in [-0.25, -0.2) is 4.79 Å². The van der Waals surface area contributed by atoms with E-state index in [2.05, 4.69) is 16.7 Å². The lowest BCUT2D eigenvalue weighted by molar-refractivity contribution is -0.126. The van der Waals surface area contributed by atoms with Gasteiger partial charge in [0.25, 0.3) is 0 Å². The zero-order valence-electron chi connectivity index (χ0n) is 19.5. The minimum absolute atomic E-state index is 0.0645. The Labute approximate surface area is 198 Å². The van der Waals surface area contributed by atoms with Gasteiger partial charge in [-0.15, -0.1) is 0 Å². The van der Waals surface area contributed by atoms with Crippen molar-refractivity contribution in [1.29, 1.82) is 5.26 Å². The minimum atomic E-state index is -0.610.